The Labute approximate surface area is 162 Å². The first-order valence-corrected chi connectivity index (χ1v) is 9.06. The average molecular weight is 368 g/mol. The molecule has 0 aliphatic heterocycles. The molecule has 0 aliphatic carbocycles. The molecule has 5 nitrogen and oxygen atoms in total. The van der Waals surface area contributed by atoms with Crippen LogP contribution in [0.2, 0.25) is 0 Å². The zero-order chi connectivity index (χ0) is 19.5. The highest BCUT2D eigenvalue weighted by Gasteiger charge is 2.07. The van der Waals surface area contributed by atoms with Gasteiger partial charge in [-0.1, -0.05) is 18.2 Å². The zero-order valence-electron chi connectivity index (χ0n) is 15.8. The standard InChI is InChI=1S/C23H20N4O/c1-3-26-27(2)12-10-16-13-20-22(25-15-16)9-8-17-6-7-18(14-19(17)23(20)28)21-5-4-11-24-21/h3-15,24H,1-2H3/b12-10+,26-3-. The normalized spacial score (nSPS) is 11.8. The summed E-state index contributed by atoms with van der Waals surface area (Å²) < 4.78 is 0. The van der Waals surface area contributed by atoms with E-state index in [0.29, 0.717) is 16.3 Å². The van der Waals surface area contributed by atoms with Crippen LogP contribution >= 0.6 is 0 Å². The third kappa shape index (κ3) is 3.42. The highest BCUT2D eigenvalue weighted by atomic mass is 16.1. The Kier molecular flexibility index (Phi) is 4.72. The van der Waals surface area contributed by atoms with Crippen molar-refractivity contribution in [3.05, 3.63) is 82.9 Å². The van der Waals surface area contributed by atoms with E-state index in [4.69, 9.17) is 0 Å². The van der Waals surface area contributed by atoms with Gasteiger partial charge in [-0.15, -0.1) is 0 Å². The summed E-state index contributed by atoms with van der Waals surface area (Å²) in [4.78, 5) is 21.0. The van der Waals surface area contributed by atoms with Gasteiger partial charge in [-0.2, -0.15) is 5.10 Å². The molecule has 0 saturated heterocycles. The Morgan fingerprint density at radius 3 is 2.75 bits per heavy atom. The van der Waals surface area contributed by atoms with Crippen molar-refractivity contribution < 1.29 is 0 Å². The van der Waals surface area contributed by atoms with Gasteiger partial charge in [0.05, 0.1) is 5.52 Å². The molecule has 1 N–H and O–H groups in total. The first kappa shape index (κ1) is 17.7. The molecule has 0 bridgehead atoms. The molecule has 2 aromatic heterocycles. The monoisotopic (exact) mass is 368 g/mol. The quantitative estimate of drug-likeness (QED) is 0.421. The largest absolute Gasteiger partial charge is 0.361 e. The minimum atomic E-state index is -0.0221. The van der Waals surface area contributed by atoms with Crippen LogP contribution in [0.5, 0.6) is 0 Å². The minimum absolute atomic E-state index is 0.0221. The van der Waals surface area contributed by atoms with E-state index in [1.807, 2.05) is 81.0 Å². The van der Waals surface area contributed by atoms with Crippen LogP contribution in [-0.2, 0) is 0 Å². The number of benzene rings is 1. The summed E-state index contributed by atoms with van der Waals surface area (Å²) in [7, 11) is 1.85. The fourth-order valence-electron chi connectivity index (χ4n) is 3.20. The Balaban J connectivity index is 1.89. The molecule has 0 atom stereocenters. The number of aromatic amines is 1. The summed E-state index contributed by atoms with van der Waals surface area (Å²) in [6.07, 6.45) is 9.07. The van der Waals surface area contributed by atoms with Gasteiger partial charge in [-0.25, -0.2) is 0 Å². The molecule has 2 aromatic carbocycles. The van der Waals surface area contributed by atoms with Gasteiger partial charge >= 0.3 is 0 Å². The van der Waals surface area contributed by atoms with Crippen LogP contribution in [0.1, 0.15) is 12.5 Å². The predicted molar refractivity (Wildman–Crippen MR) is 116 cm³/mol. The first-order chi connectivity index (χ1) is 13.7. The second-order valence-corrected chi connectivity index (χ2v) is 6.51. The minimum Gasteiger partial charge on any atom is -0.361 e. The van der Waals surface area contributed by atoms with Gasteiger partial charge < -0.3 is 4.98 Å². The predicted octanol–water partition coefficient (Wildman–Crippen LogP) is 4.65. The van der Waals surface area contributed by atoms with Gasteiger partial charge in [-0.3, -0.25) is 14.8 Å². The van der Waals surface area contributed by atoms with Crippen molar-refractivity contribution in [1.29, 1.82) is 0 Å². The lowest BCUT2D eigenvalue weighted by atomic mass is 10.1. The molecular formula is C23H20N4O. The zero-order valence-corrected chi connectivity index (χ0v) is 15.8. The number of hydrogen-bond acceptors (Lipinski definition) is 4. The van der Waals surface area contributed by atoms with E-state index in [-0.39, 0.29) is 5.43 Å². The Bertz CT molecular complexity index is 1260. The van der Waals surface area contributed by atoms with Crippen molar-refractivity contribution in [3.63, 3.8) is 0 Å². The van der Waals surface area contributed by atoms with E-state index >= 15 is 0 Å². The summed E-state index contributed by atoms with van der Waals surface area (Å²) in [6.45, 7) is 1.86. The second kappa shape index (κ2) is 7.48. The molecule has 0 aliphatic rings. The molecule has 0 radical (unpaired) electrons. The van der Waals surface area contributed by atoms with Crippen LogP contribution in [0.3, 0.4) is 0 Å². The van der Waals surface area contributed by atoms with E-state index in [9.17, 15) is 4.79 Å². The van der Waals surface area contributed by atoms with Gasteiger partial charge in [0.2, 0.25) is 0 Å². The van der Waals surface area contributed by atoms with Crippen molar-refractivity contribution in [2.45, 2.75) is 6.92 Å². The molecule has 0 spiro atoms. The number of pyridine rings is 1. The Morgan fingerprint density at radius 2 is 1.96 bits per heavy atom. The average Bonchev–Trinajstić information content (AvgIpc) is 3.21. The van der Waals surface area contributed by atoms with E-state index in [1.165, 1.54) is 0 Å². The number of fused-ring (bicyclic) bond motifs is 2. The lowest BCUT2D eigenvalue weighted by Crippen LogP contribution is -2.01. The summed E-state index contributed by atoms with van der Waals surface area (Å²) in [5.41, 5.74) is 3.48. The number of H-pyrrole nitrogens is 1. The van der Waals surface area contributed by atoms with Gasteiger partial charge in [-0.05, 0) is 59.8 Å². The molecule has 0 fully saturated rings. The number of rotatable bonds is 4. The fourth-order valence-corrected chi connectivity index (χ4v) is 3.20. The summed E-state index contributed by atoms with van der Waals surface area (Å²) in [5, 5.41) is 8.01. The Morgan fingerprint density at radius 1 is 1.11 bits per heavy atom. The SMILES string of the molecule is C/C=N\N(C)/C=C/c1cnc2ccc3ccc(-c4ccc[nH]4)cc3c(=O)c2c1. The summed E-state index contributed by atoms with van der Waals surface area (Å²) >= 11 is 0. The molecule has 4 rings (SSSR count). The fraction of sp³-hybridized carbons (Fsp3) is 0.0870. The van der Waals surface area contributed by atoms with Crippen molar-refractivity contribution >= 4 is 34.0 Å². The van der Waals surface area contributed by atoms with Crippen LogP contribution in [0.15, 0.2) is 77.0 Å². The van der Waals surface area contributed by atoms with E-state index in [2.05, 4.69) is 15.1 Å². The van der Waals surface area contributed by atoms with Crippen LogP contribution in [0.4, 0.5) is 0 Å². The maximum Gasteiger partial charge on any atom is 0.195 e. The van der Waals surface area contributed by atoms with E-state index in [1.54, 1.807) is 17.4 Å². The number of aromatic nitrogens is 2. The number of hydrogen-bond donors (Lipinski definition) is 1. The van der Waals surface area contributed by atoms with Crippen LogP contribution in [0.25, 0.3) is 39.0 Å². The van der Waals surface area contributed by atoms with Gasteiger partial charge in [0.25, 0.3) is 0 Å². The molecule has 0 unspecified atom stereocenters. The second-order valence-electron chi connectivity index (χ2n) is 6.51. The molecule has 28 heavy (non-hydrogen) atoms. The van der Waals surface area contributed by atoms with Gasteiger partial charge in [0, 0.05) is 48.3 Å². The van der Waals surface area contributed by atoms with Crippen molar-refractivity contribution in [3.8, 4) is 11.3 Å². The van der Waals surface area contributed by atoms with E-state index < -0.39 is 0 Å². The van der Waals surface area contributed by atoms with Gasteiger partial charge in [0.15, 0.2) is 5.43 Å². The highest BCUT2D eigenvalue weighted by Crippen LogP contribution is 2.22. The number of nitrogens with zero attached hydrogens (tertiary/aromatic N) is 3. The van der Waals surface area contributed by atoms with Crippen molar-refractivity contribution in [1.82, 2.24) is 15.0 Å². The summed E-state index contributed by atoms with van der Waals surface area (Å²) in [6, 6.07) is 15.6. The highest BCUT2D eigenvalue weighted by molar-refractivity contribution is 5.94. The lowest BCUT2D eigenvalue weighted by molar-refractivity contribution is 0.496. The van der Waals surface area contributed by atoms with E-state index in [0.717, 1.165) is 22.2 Å². The molecule has 0 saturated carbocycles. The molecule has 2 heterocycles. The molecular weight excluding hydrogens is 348 g/mol. The molecule has 4 aromatic rings. The molecule has 138 valence electrons. The first-order valence-electron chi connectivity index (χ1n) is 9.06. The maximum absolute atomic E-state index is 13.3. The topological polar surface area (TPSA) is 61.4 Å². The Hall–Kier alpha value is -3.73. The van der Waals surface area contributed by atoms with Crippen molar-refractivity contribution in [2.75, 3.05) is 7.05 Å². The van der Waals surface area contributed by atoms with Crippen LogP contribution < -0.4 is 5.43 Å². The van der Waals surface area contributed by atoms with Crippen molar-refractivity contribution in [2.24, 2.45) is 5.10 Å². The number of hydrazone groups is 1. The molecule has 0 amide bonds. The molecule has 5 heteroatoms. The maximum atomic E-state index is 13.3. The third-order valence-electron chi connectivity index (χ3n) is 4.59. The third-order valence-corrected chi connectivity index (χ3v) is 4.59. The van der Waals surface area contributed by atoms with Gasteiger partial charge in [0.1, 0.15) is 0 Å². The van der Waals surface area contributed by atoms with Crippen LogP contribution in [-0.4, -0.2) is 28.2 Å². The smallest absolute Gasteiger partial charge is 0.195 e. The number of nitrogens with one attached hydrogen (secondary N) is 1. The van der Waals surface area contributed by atoms with Crippen LogP contribution in [0, 0.1) is 0 Å². The summed E-state index contributed by atoms with van der Waals surface area (Å²) in [5.74, 6) is 0. The lowest BCUT2D eigenvalue weighted by Gasteiger charge is -2.04.